The average molecular weight is 239 g/mol. The van der Waals surface area contributed by atoms with Gasteiger partial charge in [-0.1, -0.05) is 13.3 Å². The number of anilines is 1. The van der Waals surface area contributed by atoms with E-state index in [1.54, 1.807) is 18.9 Å². The first-order valence-corrected chi connectivity index (χ1v) is 5.89. The van der Waals surface area contributed by atoms with Crippen LogP contribution in [0.5, 0.6) is 0 Å². The molecule has 0 saturated carbocycles. The van der Waals surface area contributed by atoms with Crippen LogP contribution in [-0.4, -0.2) is 23.2 Å². The summed E-state index contributed by atoms with van der Waals surface area (Å²) in [6.45, 7) is 4.32. The largest absolute Gasteiger partial charge is 0.372 e. The molecule has 0 bridgehead atoms. The van der Waals surface area contributed by atoms with Gasteiger partial charge in [-0.15, -0.1) is 0 Å². The molecule has 1 aromatic heterocycles. The highest BCUT2D eigenvalue weighted by Gasteiger charge is 2.15. The van der Waals surface area contributed by atoms with Crippen molar-refractivity contribution in [3.63, 3.8) is 0 Å². The Labute approximate surface area is 101 Å². The molecular weight excluding hydrogens is 218 g/mol. The molecule has 0 aliphatic heterocycles. The maximum Gasteiger partial charge on any atom is 0.331 e. The number of hydrogen-bond acceptors (Lipinski definition) is 3. The van der Waals surface area contributed by atoms with Crippen LogP contribution >= 0.6 is 0 Å². The summed E-state index contributed by atoms with van der Waals surface area (Å²) in [5.41, 5.74) is 0.872. The first-order chi connectivity index (χ1) is 7.91. The molecule has 0 unspecified atom stereocenters. The second-order valence-electron chi connectivity index (χ2n) is 4.48. The van der Waals surface area contributed by atoms with E-state index in [1.807, 2.05) is 21.0 Å². The van der Waals surface area contributed by atoms with E-state index in [2.05, 4.69) is 0 Å². The van der Waals surface area contributed by atoms with E-state index >= 15 is 0 Å². The molecule has 1 rings (SSSR count). The van der Waals surface area contributed by atoms with Crippen molar-refractivity contribution >= 4 is 5.69 Å². The van der Waals surface area contributed by atoms with Crippen LogP contribution in [0.2, 0.25) is 0 Å². The van der Waals surface area contributed by atoms with E-state index in [0.717, 1.165) is 12.8 Å². The smallest absolute Gasteiger partial charge is 0.331 e. The van der Waals surface area contributed by atoms with Gasteiger partial charge in [-0.3, -0.25) is 13.9 Å². The maximum absolute atomic E-state index is 12.2. The Morgan fingerprint density at radius 3 is 2.29 bits per heavy atom. The Balaban J connectivity index is 3.51. The highest BCUT2D eigenvalue weighted by Crippen LogP contribution is 2.08. The number of unbranched alkanes of at least 4 members (excludes halogenated alkanes) is 1. The Hall–Kier alpha value is -1.52. The fourth-order valence-corrected chi connectivity index (χ4v) is 1.88. The summed E-state index contributed by atoms with van der Waals surface area (Å²) in [6.07, 6.45) is 1.80. The highest BCUT2D eigenvalue weighted by molar-refractivity contribution is 5.47. The molecule has 0 spiro atoms. The van der Waals surface area contributed by atoms with Crippen LogP contribution < -0.4 is 16.1 Å². The number of hydrogen-bond donors (Lipinski definition) is 0. The fourth-order valence-electron chi connectivity index (χ4n) is 1.88. The minimum Gasteiger partial charge on any atom is -0.372 e. The lowest BCUT2D eigenvalue weighted by atomic mass is 10.3. The molecule has 5 heteroatoms. The summed E-state index contributed by atoms with van der Waals surface area (Å²) in [7, 11) is 5.34. The lowest BCUT2D eigenvalue weighted by Gasteiger charge is -2.19. The van der Waals surface area contributed by atoms with Crippen molar-refractivity contribution in [2.24, 2.45) is 7.05 Å². The molecule has 0 N–H and O–H groups in total. The van der Waals surface area contributed by atoms with Gasteiger partial charge in [0.2, 0.25) is 0 Å². The third-order valence-electron chi connectivity index (χ3n) is 2.99. The minimum absolute atomic E-state index is 0.191. The molecule has 0 aromatic carbocycles. The third kappa shape index (κ3) is 2.43. The van der Waals surface area contributed by atoms with Crippen LogP contribution in [0.15, 0.2) is 9.59 Å². The molecule has 96 valence electrons. The van der Waals surface area contributed by atoms with Gasteiger partial charge in [0.15, 0.2) is 0 Å². The molecule has 0 radical (unpaired) electrons. The SMILES string of the molecule is CCCCn1c(=O)c(N(C)C)c(C)n(C)c1=O. The van der Waals surface area contributed by atoms with Crippen molar-refractivity contribution < 1.29 is 0 Å². The average Bonchev–Trinajstić information content (AvgIpc) is 2.26. The van der Waals surface area contributed by atoms with Crippen LogP contribution in [0.4, 0.5) is 5.69 Å². The van der Waals surface area contributed by atoms with E-state index in [4.69, 9.17) is 0 Å². The van der Waals surface area contributed by atoms with Gasteiger partial charge in [-0.25, -0.2) is 4.79 Å². The van der Waals surface area contributed by atoms with E-state index in [9.17, 15) is 9.59 Å². The van der Waals surface area contributed by atoms with Crippen molar-refractivity contribution in [2.75, 3.05) is 19.0 Å². The first kappa shape index (κ1) is 13.5. The fraction of sp³-hybridized carbons (Fsp3) is 0.667. The van der Waals surface area contributed by atoms with Crippen LogP contribution in [0, 0.1) is 6.92 Å². The van der Waals surface area contributed by atoms with Crippen molar-refractivity contribution in [3.8, 4) is 0 Å². The molecule has 1 aromatic rings. The summed E-state index contributed by atoms with van der Waals surface area (Å²) in [5, 5.41) is 0. The summed E-state index contributed by atoms with van der Waals surface area (Å²) >= 11 is 0. The molecule has 0 saturated heterocycles. The molecule has 0 aliphatic rings. The molecule has 0 atom stereocenters. The quantitative estimate of drug-likeness (QED) is 0.778. The van der Waals surface area contributed by atoms with Crippen LogP contribution in [0.25, 0.3) is 0 Å². The predicted octanol–water partition coefficient (Wildman–Crippen LogP) is 0.722. The third-order valence-corrected chi connectivity index (χ3v) is 2.99. The van der Waals surface area contributed by atoms with Gasteiger partial charge in [-0.2, -0.15) is 0 Å². The molecule has 17 heavy (non-hydrogen) atoms. The van der Waals surface area contributed by atoms with Crippen molar-refractivity contribution in [2.45, 2.75) is 33.2 Å². The van der Waals surface area contributed by atoms with Crippen LogP contribution in [0.3, 0.4) is 0 Å². The molecule has 0 aliphatic carbocycles. The van der Waals surface area contributed by atoms with Gasteiger partial charge < -0.3 is 4.90 Å². The molecule has 1 heterocycles. The minimum atomic E-state index is -0.230. The van der Waals surface area contributed by atoms with Gasteiger partial charge in [0.25, 0.3) is 5.56 Å². The highest BCUT2D eigenvalue weighted by atomic mass is 16.2. The van der Waals surface area contributed by atoms with Crippen LogP contribution in [0.1, 0.15) is 25.5 Å². The van der Waals surface area contributed by atoms with Gasteiger partial charge >= 0.3 is 5.69 Å². The monoisotopic (exact) mass is 239 g/mol. The summed E-state index contributed by atoms with van der Waals surface area (Å²) < 4.78 is 2.86. The lowest BCUT2D eigenvalue weighted by Crippen LogP contribution is -2.42. The molecule has 0 fully saturated rings. The maximum atomic E-state index is 12.2. The number of aromatic nitrogens is 2. The first-order valence-electron chi connectivity index (χ1n) is 5.89. The van der Waals surface area contributed by atoms with E-state index in [1.165, 1.54) is 9.13 Å². The summed E-state index contributed by atoms with van der Waals surface area (Å²) in [5.74, 6) is 0. The van der Waals surface area contributed by atoms with Gasteiger partial charge in [0, 0.05) is 33.4 Å². The van der Waals surface area contributed by atoms with E-state index in [0.29, 0.717) is 17.9 Å². The zero-order valence-electron chi connectivity index (χ0n) is 11.3. The normalized spacial score (nSPS) is 10.6. The van der Waals surface area contributed by atoms with Crippen LogP contribution in [-0.2, 0) is 13.6 Å². The summed E-state index contributed by atoms with van der Waals surface area (Å²) in [4.78, 5) is 26.0. The van der Waals surface area contributed by atoms with Gasteiger partial charge in [0.05, 0.1) is 0 Å². The molecular formula is C12H21N3O2. The topological polar surface area (TPSA) is 47.2 Å². The van der Waals surface area contributed by atoms with Crippen molar-refractivity contribution in [1.29, 1.82) is 0 Å². The Bertz CT molecular complexity index is 512. The number of nitrogens with zero attached hydrogens (tertiary/aromatic N) is 3. The predicted molar refractivity (Wildman–Crippen MR) is 69.9 cm³/mol. The Kier molecular flexibility index (Phi) is 4.15. The van der Waals surface area contributed by atoms with Gasteiger partial charge in [0.1, 0.15) is 5.69 Å². The standard InChI is InChI=1S/C12H21N3O2/c1-6-7-8-15-11(16)10(13(3)4)9(2)14(5)12(15)17/h6-8H2,1-5H3. The zero-order chi connectivity index (χ0) is 13.2. The summed E-state index contributed by atoms with van der Waals surface area (Å²) in [6, 6.07) is 0. The molecule has 0 amide bonds. The van der Waals surface area contributed by atoms with E-state index in [-0.39, 0.29) is 11.2 Å². The van der Waals surface area contributed by atoms with Crippen molar-refractivity contribution in [3.05, 3.63) is 26.5 Å². The van der Waals surface area contributed by atoms with E-state index < -0.39 is 0 Å². The Morgan fingerprint density at radius 1 is 1.24 bits per heavy atom. The number of rotatable bonds is 4. The zero-order valence-corrected chi connectivity index (χ0v) is 11.3. The van der Waals surface area contributed by atoms with Crippen molar-refractivity contribution in [1.82, 2.24) is 9.13 Å². The van der Waals surface area contributed by atoms with Gasteiger partial charge in [-0.05, 0) is 13.3 Å². The molecule has 5 nitrogen and oxygen atoms in total. The Morgan fingerprint density at radius 2 is 1.82 bits per heavy atom. The lowest BCUT2D eigenvalue weighted by molar-refractivity contribution is 0.551. The second kappa shape index (κ2) is 5.21. The second-order valence-corrected chi connectivity index (χ2v) is 4.48.